The largest absolute Gasteiger partial charge is 0.497 e. The maximum Gasteiger partial charge on any atom is 0.224 e. The Hall–Kier alpha value is -1.31. The number of amides is 1. The second-order valence-corrected chi connectivity index (χ2v) is 9.14. The van der Waals surface area contributed by atoms with E-state index >= 15 is 0 Å². The van der Waals surface area contributed by atoms with Crippen LogP contribution in [0.1, 0.15) is 39.0 Å². The molecule has 1 aromatic carbocycles. The van der Waals surface area contributed by atoms with Crippen LogP contribution >= 0.6 is 12.4 Å². The minimum Gasteiger partial charge on any atom is -0.497 e. The quantitative estimate of drug-likeness (QED) is 0.675. The molecule has 3 N–H and O–H groups in total. The first-order valence-electron chi connectivity index (χ1n) is 9.24. The Labute approximate surface area is 168 Å². The highest BCUT2D eigenvalue weighted by Gasteiger charge is 2.28. The van der Waals surface area contributed by atoms with E-state index in [9.17, 15) is 13.2 Å². The van der Waals surface area contributed by atoms with E-state index in [1.54, 1.807) is 19.1 Å². The van der Waals surface area contributed by atoms with Gasteiger partial charge in [-0.25, -0.2) is 8.42 Å². The van der Waals surface area contributed by atoms with Gasteiger partial charge < -0.3 is 15.8 Å². The summed E-state index contributed by atoms with van der Waals surface area (Å²) in [6.07, 6.45) is 5.70. The molecule has 0 radical (unpaired) electrons. The molecule has 0 aromatic heterocycles. The van der Waals surface area contributed by atoms with Crippen LogP contribution in [0.3, 0.4) is 0 Å². The lowest BCUT2D eigenvalue weighted by atomic mass is 9.83. The summed E-state index contributed by atoms with van der Waals surface area (Å²) in [5.41, 5.74) is 5.85. The van der Waals surface area contributed by atoms with Gasteiger partial charge in [0.2, 0.25) is 5.91 Å². The number of rotatable bonds is 8. The molecule has 2 rings (SSSR count). The average Bonchev–Trinajstić information content (AvgIpc) is 2.66. The number of nitrogens with two attached hydrogens (primary N) is 1. The van der Waals surface area contributed by atoms with Gasteiger partial charge in [-0.2, -0.15) is 0 Å². The van der Waals surface area contributed by atoms with E-state index < -0.39 is 15.8 Å². The Morgan fingerprint density at radius 3 is 2.33 bits per heavy atom. The first-order valence-corrected chi connectivity index (χ1v) is 10.9. The number of hydrogen-bond donors (Lipinski definition) is 2. The normalized spacial score (nSPS) is 17.4. The number of carbonyl (C=O) groups excluding carboxylic acids is 1. The molecule has 0 aliphatic heterocycles. The molecule has 8 heteroatoms. The molecule has 6 nitrogen and oxygen atoms in total. The maximum atomic E-state index is 12.6. The van der Waals surface area contributed by atoms with E-state index in [2.05, 4.69) is 5.32 Å². The first kappa shape index (κ1) is 23.7. The lowest BCUT2D eigenvalue weighted by molar-refractivity contribution is -0.125. The average molecular weight is 419 g/mol. The third kappa shape index (κ3) is 6.66. The Balaban J connectivity index is 0.00000364. The van der Waals surface area contributed by atoms with Gasteiger partial charge in [0.05, 0.1) is 17.8 Å². The topological polar surface area (TPSA) is 98.5 Å². The van der Waals surface area contributed by atoms with Gasteiger partial charge in [-0.15, -0.1) is 12.4 Å². The zero-order valence-corrected chi connectivity index (χ0v) is 17.7. The molecule has 0 bridgehead atoms. The minimum absolute atomic E-state index is 0. The summed E-state index contributed by atoms with van der Waals surface area (Å²) in [4.78, 5) is 12.7. The van der Waals surface area contributed by atoms with Crippen molar-refractivity contribution in [3.63, 3.8) is 0 Å². The summed E-state index contributed by atoms with van der Waals surface area (Å²) in [5, 5.41) is 2.98. The molecule has 1 aliphatic rings. The van der Waals surface area contributed by atoms with Gasteiger partial charge in [0.15, 0.2) is 9.84 Å². The van der Waals surface area contributed by atoms with Crippen molar-refractivity contribution in [2.24, 2.45) is 17.6 Å². The standard InChI is InChI=1S/C19H30N2O4S.ClH/c1-14(13-26(23,24)17-10-8-16(25-2)9-11-17)19(22)21-18(12-20)15-6-4-3-5-7-15;/h8-11,14-15,18H,3-7,12-13,20H2,1-2H3,(H,21,22);1H. The highest BCUT2D eigenvalue weighted by molar-refractivity contribution is 7.91. The van der Waals surface area contributed by atoms with Crippen LogP contribution < -0.4 is 15.8 Å². The van der Waals surface area contributed by atoms with Crippen molar-refractivity contribution >= 4 is 28.2 Å². The Kier molecular flexibility index (Phi) is 9.56. The Bertz CT molecular complexity index is 688. The Morgan fingerprint density at radius 2 is 1.81 bits per heavy atom. The van der Waals surface area contributed by atoms with E-state index in [1.807, 2.05) is 0 Å². The van der Waals surface area contributed by atoms with E-state index in [1.165, 1.54) is 38.5 Å². The molecule has 1 fully saturated rings. The highest BCUT2D eigenvalue weighted by Crippen LogP contribution is 2.26. The summed E-state index contributed by atoms with van der Waals surface area (Å²) < 4.78 is 30.2. The third-order valence-electron chi connectivity index (χ3n) is 5.14. The van der Waals surface area contributed by atoms with Crippen molar-refractivity contribution in [2.45, 2.75) is 50.0 Å². The predicted octanol–water partition coefficient (Wildman–Crippen LogP) is 2.55. The molecular formula is C19H31ClN2O4S. The zero-order chi connectivity index (χ0) is 19.2. The monoisotopic (exact) mass is 418 g/mol. The molecule has 2 unspecified atom stereocenters. The second kappa shape index (κ2) is 10.9. The highest BCUT2D eigenvalue weighted by atomic mass is 35.5. The SMILES string of the molecule is COc1ccc(S(=O)(=O)CC(C)C(=O)NC(CN)C2CCCCC2)cc1.Cl. The van der Waals surface area contributed by atoms with Gasteiger partial charge in [-0.1, -0.05) is 26.2 Å². The number of ether oxygens (including phenoxy) is 1. The van der Waals surface area contributed by atoms with Crippen molar-refractivity contribution in [1.29, 1.82) is 0 Å². The van der Waals surface area contributed by atoms with Crippen molar-refractivity contribution in [1.82, 2.24) is 5.32 Å². The van der Waals surface area contributed by atoms with Gasteiger partial charge in [-0.3, -0.25) is 4.79 Å². The molecule has 0 saturated heterocycles. The van der Waals surface area contributed by atoms with Gasteiger partial charge in [-0.05, 0) is 43.0 Å². The molecule has 1 amide bonds. The summed E-state index contributed by atoms with van der Waals surface area (Å²) in [7, 11) is -2.02. The van der Waals surface area contributed by atoms with E-state index in [4.69, 9.17) is 10.5 Å². The number of nitrogens with one attached hydrogen (secondary N) is 1. The van der Waals surface area contributed by atoms with Crippen LogP contribution in [-0.2, 0) is 14.6 Å². The fourth-order valence-corrected chi connectivity index (χ4v) is 5.07. The number of halogens is 1. The number of methoxy groups -OCH3 is 1. The fraction of sp³-hybridized carbons (Fsp3) is 0.632. The molecule has 1 saturated carbocycles. The first-order chi connectivity index (χ1) is 12.4. The zero-order valence-electron chi connectivity index (χ0n) is 16.0. The number of sulfone groups is 1. The van der Waals surface area contributed by atoms with E-state index in [0.29, 0.717) is 18.2 Å². The van der Waals surface area contributed by atoms with Crippen LogP contribution in [0.25, 0.3) is 0 Å². The number of benzene rings is 1. The lowest BCUT2D eigenvalue weighted by Gasteiger charge is -2.30. The summed E-state index contributed by atoms with van der Waals surface area (Å²) in [6, 6.07) is 6.14. The Morgan fingerprint density at radius 1 is 1.22 bits per heavy atom. The van der Waals surface area contributed by atoms with Gasteiger partial charge in [0.1, 0.15) is 5.75 Å². The number of carbonyl (C=O) groups is 1. The van der Waals surface area contributed by atoms with Gasteiger partial charge in [0, 0.05) is 18.5 Å². The lowest BCUT2D eigenvalue weighted by Crippen LogP contribution is -2.48. The fourth-order valence-electron chi connectivity index (χ4n) is 3.51. The van der Waals surface area contributed by atoms with Crippen LogP contribution in [0, 0.1) is 11.8 Å². The van der Waals surface area contributed by atoms with Gasteiger partial charge >= 0.3 is 0 Å². The van der Waals surface area contributed by atoms with Crippen LogP contribution in [0.5, 0.6) is 5.75 Å². The van der Waals surface area contributed by atoms with Crippen LogP contribution in [0.2, 0.25) is 0 Å². The van der Waals surface area contributed by atoms with Crippen LogP contribution in [0.4, 0.5) is 0 Å². The summed E-state index contributed by atoms with van der Waals surface area (Å²) >= 11 is 0. The third-order valence-corrected chi connectivity index (χ3v) is 7.07. The van der Waals surface area contributed by atoms with Crippen LogP contribution in [-0.4, -0.2) is 39.8 Å². The van der Waals surface area contributed by atoms with E-state index in [0.717, 1.165) is 12.8 Å². The predicted molar refractivity (Wildman–Crippen MR) is 109 cm³/mol. The van der Waals surface area contributed by atoms with Crippen molar-refractivity contribution in [2.75, 3.05) is 19.4 Å². The molecule has 1 aromatic rings. The molecule has 0 heterocycles. The molecular weight excluding hydrogens is 388 g/mol. The van der Waals surface area contributed by atoms with Crippen molar-refractivity contribution < 1.29 is 17.9 Å². The minimum atomic E-state index is -3.54. The second-order valence-electron chi connectivity index (χ2n) is 7.11. The smallest absolute Gasteiger partial charge is 0.224 e. The summed E-state index contributed by atoms with van der Waals surface area (Å²) in [5.74, 6) is -0.133. The van der Waals surface area contributed by atoms with Crippen molar-refractivity contribution in [3.8, 4) is 5.75 Å². The van der Waals surface area contributed by atoms with Gasteiger partial charge in [0.25, 0.3) is 0 Å². The maximum absolute atomic E-state index is 12.6. The molecule has 2 atom stereocenters. The summed E-state index contributed by atoms with van der Waals surface area (Å²) in [6.45, 7) is 2.03. The van der Waals surface area contributed by atoms with Crippen molar-refractivity contribution in [3.05, 3.63) is 24.3 Å². The van der Waals surface area contributed by atoms with E-state index in [-0.39, 0.29) is 35.0 Å². The molecule has 0 spiro atoms. The molecule has 27 heavy (non-hydrogen) atoms. The number of hydrogen-bond acceptors (Lipinski definition) is 5. The molecule has 1 aliphatic carbocycles. The van der Waals surface area contributed by atoms with Crippen LogP contribution in [0.15, 0.2) is 29.2 Å². The molecule has 154 valence electrons.